The Bertz CT molecular complexity index is 927. The summed E-state index contributed by atoms with van der Waals surface area (Å²) in [5, 5.41) is 7.32. The van der Waals surface area contributed by atoms with E-state index in [0.29, 0.717) is 12.1 Å². The predicted molar refractivity (Wildman–Crippen MR) is 101 cm³/mol. The number of nitrogens with one attached hydrogen (secondary N) is 1. The van der Waals surface area contributed by atoms with Crippen LogP contribution in [0.5, 0.6) is 0 Å². The van der Waals surface area contributed by atoms with E-state index in [0.717, 1.165) is 22.4 Å². The molecule has 1 heterocycles. The van der Waals surface area contributed by atoms with Crippen LogP contribution in [0, 0.1) is 5.82 Å². The van der Waals surface area contributed by atoms with Crippen molar-refractivity contribution >= 4 is 16.8 Å². The molecule has 0 aliphatic heterocycles. The molecule has 0 amide bonds. The maximum atomic E-state index is 14.5. The summed E-state index contributed by atoms with van der Waals surface area (Å²) < 4.78 is 32.6. The average molecular weight is 373 g/mol. The molecule has 136 valence electrons. The van der Waals surface area contributed by atoms with Gasteiger partial charge in [0.25, 0.3) is 0 Å². The van der Waals surface area contributed by atoms with Crippen LogP contribution < -0.4 is 5.32 Å². The van der Waals surface area contributed by atoms with Crippen LogP contribution in [0.2, 0.25) is 0 Å². The third kappa shape index (κ3) is 4.36. The van der Waals surface area contributed by atoms with Crippen molar-refractivity contribution in [3.8, 4) is 11.1 Å². The number of aryl methyl sites for hydroxylation is 1. The number of para-hydroxylation sites is 1. The van der Waals surface area contributed by atoms with Crippen LogP contribution in [0.3, 0.4) is 0 Å². The first kappa shape index (κ1) is 18.3. The summed E-state index contributed by atoms with van der Waals surface area (Å²) in [4.78, 5) is 0. The minimum atomic E-state index is -1.39. The Hall–Kier alpha value is -2.51. The van der Waals surface area contributed by atoms with Gasteiger partial charge in [-0.1, -0.05) is 30.3 Å². The Balaban J connectivity index is 1.73. The molecule has 0 saturated heterocycles. The zero-order chi connectivity index (χ0) is 18.5. The number of hydrogen-bond donors (Lipinski definition) is 1. The van der Waals surface area contributed by atoms with Crippen LogP contribution in [0.25, 0.3) is 11.1 Å². The number of halogens is 1. The minimum Gasteiger partial charge on any atom is -0.381 e. The minimum absolute atomic E-state index is 0.280. The fraction of sp³-hybridized carbons (Fsp3) is 0.211. The predicted octanol–water partition coefficient (Wildman–Crippen LogP) is 3.65. The Morgan fingerprint density at radius 1 is 1.19 bits per heavy atom. The first-order valence-corrected chi connectivity index (χ1v) is 9.33. The quantitative estimate of drug-likeness (QED) is 0.687. The van der Waals surface area contributed by atoms with E-state index in [-0.39, 0.29) is 11.6 Å². The van der Waals surface area contributed by atoms with Crippen molar-refractivity contribution in [1.29, 1.82) is 0 Å². The SMILES string of the molecule is COS(=O)Cc1ccccc1NCc1ccc(-c2cnn(C)c2)cc1F. The number of anilines is 1. The lowest BCUT2D eigenvalue weighted by molar-refractivity contribution is 0.445. The molecule has 26 heavy (non-hydrogen) atoms. The molecule has 1 unspecified atom stereocenters. The third-order valence-electron chi connectivity index (χ3n) is 4.04. The molecule has 1 atom stereocenters. The Kier molecular flexibility index (Phi) is 5.80. The van der Waals surface area contributed by atoms with Gasteiger partial charge in [0, 0.05) is 36.6 Å². The molecule has 3 rings (SSSR count). The molecule has 0 fully saturated rings. The second kappa shape index (κ2) is 8.25. The highest BCUT2D eigenvalue weighted by atomic mass is 32.2. The van der Waals surface area contributed by atoms with Crippen molar-refractivity contribution in [2.24, 2.45) is 7.05 Å². The number of hydrogen-bond acceptors (Lipinski definition) is 4. The molecule has 3 aromatic rings. The monoisotopic (exact) mass is 373 g/mol. The van der Waals surface area contributed by atoms with E-state index in [4.69, 9.17) is 4.18 Å². The molecule has 7 heteroatoms. The van der Waals surface area contributed by atoms with Gasteiger partial charge >= 0.3 is 0 Å². The van der Waals surface area contributed by atoms with Crippen LogP contribution in [-0.2, 0) is 34.6 Å². The van der Waals surface area contributed by atoms with Crippen molar-refractivity contribution in [2.45, 2.75) is 12.3 Å². The normalized spacial score (nSPS) is 12.1. The summed E-state index contributed by atoms with van der Waals surface area (Å²) in [6, 6.07) is 12.7. The van der Waals surface area contributed by atoms with Crippen LogP contribution >= 0.6 is 0 Å². The van der Waals surface area contributed by atoms with Gasteiger partial charge in [0.15, 0.2) is 11.1 Å². The van der Waals surface area contributed by atoms with Crippen molar-refractivity contribution in [3.05, 3.63) is 71.8 Å². The molecule has 5 nitrogen and oxygen atoms in total. The molecule has 1 aromatic heterocycles. The first-order chi connectivity index (χ1) is 12.6. The first-order valence-electron chi connectivity index (χ1n) is 8.09. The summed E-state index contributed by atoms with van der Waals surface area (Å²) in [5.41, 5.74) is 3.89. The summed E-state index contributed by atoms with van der Waals surface area (Å²) in [5.74, 6) is -0.000877. The molecule has 0 aliphatic rings. The standard InChI is InChI=1S/C19H20FN3O2S/c1-23-12-17(11-22-23)14-7-8-15(18(20)9-14)10-21-19-6-4-3-5-16(19)13-26(24)25-2/h3-9,11-12,21H,10,13H2,1-2H3. The third-order valence-corrected chi connectivity index (χ3v) is 4.96. The number of nitrogens with zero attached hydrogens (tertiary/aromatic N) is 2. The summed E-state index contributed by atoms with van der Waals surface area (Å²) >= 11 is -1.39. The van der Waals surface area contributed by atoms with Gasteiger partial charge < -0.3 is 5.32 Å². The number of aromatic nitrogens is 2. The Labute approximate surface area is 154 Å². The van der Waals surface area contributed by atoms with Crippen molar-refractivity contribution < 1.29 is 12.8 Å². The average Bonchev–Trinajstić information content (AvgIpc) is 3.08. The zero-order valence-electron chi connectivity index (χ0n) is 14.6. The summed E-state index contributed by atoms with van der Waals surface area (Å²) in [7, 11) is 3.23. The van der Waals surface area contributed by atoms with Gasteiger partial charge in [-0.05, 0) is 23.3 Å². The Morgan fingerprint density at radius 2 is 2.00 bits per heavy atom. The number of rotatable bonds is 7. The molecule has 0 aliphatic carbocycles. The molecule has 0 radical (unpaired) electrons. The van der Waals surface area contributed by atoms with Crippen molar-refractivity contribution in [1.82, 2.24) is 9.78 Å². The van der Waals surface area contributed by atoms with E-state index in [2.05, 4.69) is 10.4 Å². The lowest BCUT2D eigenvalue weighted by Crippen LogP contribution is -2.06. The zero-order valence-corrected chi connectivity index (χ0v) is 15.4. The molecule has 0 saturated carbocycles. The molecular weight excluding hydrogens is 353 g/mol. The molecule has 0 spiro atoms. The van der Waals surface area contributed by atoms with Gasteiger partial charge in [-0.25, -0.2) is 8.60 Å². The maximum absolute atomic E-state index is 14.5. The second-order valence-corrected chi connectivity index (χ2v) is 7.06. The largest absolute Gasteiger partial charge is 0.381 e. The van der Waals surface area contributed by atoms with Gasteiger partial charge in [-0.3, -0.25) is 8.86 Å². The highest BCUT2D eigenvalue weighted by Gasteiger charge is 2.09. The highest BCUT2D eigenvalue weighted by molar-refractivity contribution is 7.79. The van der Waals surface area contributed by atoms with E-state index in [1.54, 1.807) is 16.9 Å². The van der Waals surface area contributed by atoms with Crippen molar-refractivity contribution in [3.63, 3.8) is 0 Å². The van der Waals surface area contributed by atoms with E-state index < -0.39 is 11.1 Å². The molecule has 2 aromatic carbocycles. The Morgan fingerprint density at radius 3 is 2.69 bits per heavy atom. The van der Waals surface area contributed by atoms with Gasteiger partial charge in [-0.15, -0.1) is 0 Å². The maximum Gasteiger partial charge on any atom is 0.159 e. The van der Waals surface area contributed by atoms with E-state index in [1.807, 2.05) is 43.6 Å². The van der Waals surface area contributed by atoms with Crippen LogP contribution in [0.15, 0.2) is 54.9 Å². The lowest BCUT2D eigenvalue weighted by Gasteiger charge is -2.12. The molecule has 0 bridgehead atoms. The fourth-order valence-corrected chi connectivity index (χ4v) is 3.26. The fourth-order valence-electron chi connectivity index (χ4n) is 2.64. The van der Waals surface area contributed by atoms with Crippen LogP contribution in [0.4, 0.5) is 10.1 Å². The van der Waals surface area contributed by atoms with Crippen LogP contribution in [0.1, 0.15) is 11.1 Å². The van der Waals surface area contributed by atoms with Gasteiger partial charge in [0.1, 0.15) is 5.82 Å². The van der Waals surface area contributed by atoms with Gasteiger partial charge in [-0.2, -0.15) is 5.10 Å². The van der Waals surface area contributed by atoms with Gasteiger partial charge in [0.2, 0.25) is 0 Å². The topological polar surface area (TPSA) is 56.1 Å². The summed E-state index contributed by atoms with van der Waals surface area (Å²) in [6.45, 7) is 0.329. The van der Waals surface area contributed by atoms with Crippen LogP contribution in [-0.4, -0.2) is 21.1 Å². The molecule has 1 N–H and O–H groups in total. The second-order valence-electron chi connectivity index (χ2n) is 5.83. The molecular formula is C19H20FN3O2S. The van der Waals surface area contributed by atoms with Gasteiger partial charge in [0.05, 0.1) is 19.1 Å². The van der Waals surface area contributed by atoms with E-state index in [9.17, 15) is 8.60 Å². The smallest absolute Gasteiger partial charge is 0.159 e. The highest BCUT2D eigenvalue weighted by Crippen LogP contribution is 2.23. The number of benzene rings is 2. The lowest BCUT2D eigenvalue weighted by atomic mass is 10.1. The van der Waals surface area contributed by atoms with E-state index in [1.165, 1.54) is 13.2 Å². The van der Waals surface area contributed by atoms with E-state index >= 15 is 0 Å². The van der Waals surface area contributed by atoms with Crippen molar-refractivity contribution in [2.75, 3.05) is 12.4 Å². The summed E-state index contributed by atoms with van der Waals surface area (Å²) in [6.07, 6.45) is 3.55.